The number of pyridine rings is 1. The van der Waals surface area contributed by atoms with Crippen molar-refractivity contribution < 1.29 is 12.8 Å². The zero-order chi connectivity index (χ0) is 20.8. The van der Waals surface area contributed by atoms with Gasteiger partial charge in [-0.05, 0) is 48.0 Å². The van der Waals surface area contributed by atoms with Crippen LogP contribution in [0.15, 0.2) is 76.7 Å². The van der Waals surface area contributed by atoms with E-state index in [0.29, 0.717) is 27.1 Å². The first-order valence-electron chi connectivity index (χ1n) is 8.31. The Morgan fingerprint density at radius 3 is 2.24 bits per heavy atom. The predicted molar refractivity (Wildman–Crippen MR) is 114 cm³/mol. The van der Waals surface area contributed by atoms with Crippen molar-refractivity contribution in [3.05, 3.63) is 87.7 Å². The van der Waals surface area contributed by atoms with E-state index < -0.39 is 15.7 Å². The van der Waals surface area contributed by atoms with Gasteiger partial charge in [0, 0.05) is 32.2 Å². The largest absolute Gasteiger partial charge is 0.255 e. The third kappa shape index (κ3) is 3.83. The van der Waals surface area contributed by atoms with Crippen molar-refractivity contribution in [3.63, 3.8) is 0 Å². The van der Waals surface area contributed by atoms with Crippen LogP contribution >= 0.6 is 34.8 Å². The number of hydrogen-bond acceptors (Lipinski definition) is 3. The van der Waals surface area contributed by atoms with Crippen LogP contribution in [0.4, 0.5) is 4.39 Å². The van der Waals surface area contributed by atoms with E-state index >= 15 is 0 Å². The smallest absolute Gasteiger partial charge is 0.208 e. The van der Waals surface area contributed by atoms with E-state index in [2.05, 4.69) is 4.98 Å². The number of sulfone groups is 1. The summed E-state index contributed by atoms with van der Waals surface area (Å²) in [5.41, 5.74) is 1.20. The van der Waals surface area contributed by atoms with Crippen LogP contribution in [0.3, 0.4) is 0 Å². The maximum atomic E-state index is 14.0. The second-order valence-electron chi connectivity index (χ2n) is 6.28. The molecule has 0 aliphatic carbocycles. The van der Waals surface area contributed by atoms with Crippen LogP contribution in [-0.4, -0.2) is 13.4 Å². The molecule has 0 N–H and O–H groups in total. The van der Waals surface area contributed by atoms with Crippen LogP contribution in [0.5, 0.6) is 0 Å². The first kappa shape index (κ1) is 20.1. The van der Waals surface area contributed by atoms with E-state index in [1.807, 2.05) is 0 Å². The molecule has 3 nitrogen and oxygen atoms in total. The number of benzene rings is 3. The maximum absolute atomic E-state index is 14.0. The summed E-state index contributed by atoms with van der Waals surface area (Å²) in [6.07, 6.45) is 1.24. The topological polar surface area (TPSA) is 47.0 Å². The minimum absolute atomic E-state index is 0.0808. The lowest BCUT2D eigenvalue weighted by molar-refractivity contribution is 0.596. The highest BCUT2D eigenvalue weighted by atomic mass is 35.5. The highest BCUT2D eigenvalue weighted by Gasteiger charge is 2.25. The Hall–Kier alpha value is -2.18. The summed E-state index contributed by atoms with van der Waals surface area (Å²) >= 11 is 18.1. The van der Waals surface area contributed by atoms with Gasteiger partial charge in [0.1, 0.15) is 5.82 Å². The van der Waals surface area contributed by atoms with E-state index in [0.717, 1.165) is 0 Å². The van der Waals surface area contributed by atoms with Crippen LogP contribution < -0.4 is 0 Å². The maximum Gasteiger partial charge on any atom is 0.208 e. The molecule has 8 heteroatoms. The van der Waals surface area contributed by atoms with Crippen molar-refractivity contribution in [2.75, 3.05) is 0 Å². The SMILES string of the molecule is O=S(=O)(c1cc(Cl)cc(Cl)c1)c1cnc2cc(Cl)ccc2c1-c1cccc(F)c1. The summed E-state index contributed by atoms with van der Waals surface area (Å²) in [5, 5.41) is 1.34. The molecule has 0 saturated heterocycles. The molecular weight excluding hydrogens is 456 g/mol. The monoisotopic (exact) mass is 465 g/mol. The number of rotatable bonds is 3. The van der Waals surface area contributed by atoms with Gasteiger partial charge in [-0.3, -0.25) is 4.98 Å². The number of aromatic nitrogens is 1. The number of halogens is 4. The van der Waals surface area contributed by atoms with Gasteiger partial charge in [-0.2, -0.15) is 0 Å². The summed E-state index contributed by atoms with van der Waals surface area (Å²) in [5.74, 6) is -0.490. The molecule has 0 amide bonds. The van der Waals surface area contributed by atoms with Gasteiger partial charge in [0.15, 0.2) is 0 Å². The lowest BCUT2D eigenvalue weighted by Crippen LogP contribution is -2.06. The van der Waals surface area contributed by atoms with Crippen molar-refractivity contribution in [1.82, 2.24) is 4.98 Å². The standard InChI is InChI=1S/C21H11Cl3FNO2S/c22-13-4-5-18-19(10-13)26-11-20(21(18)12-2-1-3-16(25)6-12)29(27,28)17-8-14(23)7-15(24)9-17/h1-11H. The fourth-order valence-electron chi connectivity index (χ4n) is 3.10. The van der Waals surface area contributed by atoms with Gasteiger partial charge in [0.05, 0.1) is 15.3 Å². The Bertz CT molecular complexity index is 1350. The zero-order valence-corrected chi connectivity index (χ0v) is 17.6. The number of fused-ring (bicyclic) bond motifs is 1. The molecular formula is C21H11Cl3FNO2S. The summed E-state index contributed by atoms with van der Waals surface area (Å²) in [6.45, 7) is 0. The highest BCUT2D eigenvalue weighted by Crippen LogP contribution is 2.38. The molecule has 3 aromatic carbocycles. The molecule has 0 spiro atoms. The van der Waals surface area contributed by atoms with Crippen LogP contribution in [0.25, 0.3) is 22.0 Å². The number of hydrogen-bond donors (Lipinski definition) is 0. The van der Waals surface area contributed by atoms with Gasteiger partial charge >= 0.3 is 0 Å². The van der Waals surface area contributed by atoms with Gasteiger partial charge in [-0.1, -0.05) is 53.0 Å². The molecule has 0 atom stereocenters. The van der Waals surface area contributed by atoms with Gasteiger partial charge in [0.2, 0.25) is 9.84 Å². The predicted octanol–water partition coefficient (Wildman–Crippen LogP) is 6.83. The van der Waals surface area contributed by atoms with Gasteiger partial charge < -0.3 is 0 Å². The molecule has 0 aliphatic rings. The normalized spacial score (nSPS) is 11.7. The molecule has 0 aliphatic heterocycles. The Labute approximate surface area is 181 Å². The Morgan fingerprint density at radius 1 is 0.828 bits per heavy atom. The molecule has 1 heterocycles. The van der Waals surface area contributed by atoms with Crippen molar-refractivity contribution in [3.8, 4) is 11.1 Å². The van der Waals surface area contributed by atoms with E-state index in [4.69, 9.17) is 34.8 Å². The molecule has 146 valence electrons. The van der Waals surface area contributed by atoms with E-state index in [1.54, 1.807) is 24.3 Å². The first-order valence-corrected chi connectivity index (χ1v) is 10.9. The number of nitrogens with zero attached hydrogens (tertiary/aromatic N) is 1. The molecule has 1 aromatic heterocycles. The van der Waals surface area contributed by atoms with Crippen molar-refractivity contribution in [1.29, 1.82) is 0 Å². The third-order valence-corrected chi connectivity index (χ3v) is 6.76. The minimum atomic E-state index is -4.06. The summed E-state index contributed by atoms with van der Waals surface area (Å²) < 4.78 is 40.9. The summed E-state index contributed by atoms with van der Waals surface area (Å²) in [4.78, 5) is 4.10. The van der Waals surface area contributed by atoms with Crippen molar-refractivity contribution in [2.45, 2.75) is 9.79 Å². The van der Waals surface area contributed by atoms with E-state index in [1.165, 1.54) is 42.6 Å². The fourth-order valence-corrected chi connectivity index (χ4v) is 5.43. The second-order valence-corrected chi connectivity index (χ2v) is 9.51. The molecule has 0 saturated carbocycles. The summed E-state index contributed by atoms with van der Waals surface area (Å²) in [7, 11) is -4.06. The molecule has 29 heavy (non-hydrogen) atoms. The lowest BCUT2D eigenvalue weighted by Gasteiger charge is -2.14. The Morgan fingerprint density at radius 2 is 1.55 bits per heavy atom. The molecule has 4 aromatic rings. The Kier molecular flexibility index (Phi) is 5.25. The van der Waals surface area contributed by atoms with Crippen molar-refractivity contribution in [2.24, 2.45) is 0 Å². The first-order chi connectivity index (χ1) is 13.8. The minimum Gasteiger partial charge on any atom is -0.255 e. The van der Waals surface area contributed by atoms with Crippen LogP contribution in [-0.2, 0) is 9.84 Å². The van der Waals surface area contributed by atoms with Crippen LogP contribution in [0.1, 0.15) is 0 Å². The Balaban J connectivity index is 2.09. The molecule has 0 radical (unpaired) electrons. The van der Waals surface area contributed by atoms with Gasteiger partial charge in [0.25, 0.3) is 0 Å². The lowest BCUT2D eigenvalue weighted by atomic mass is 10.0. The average molecular weight is 467 g/mol. The van der Waals surface area contributed by atoms with Crippen molar-refractivity contribution >= 4 is 55.5 Å². The fraction of sp³-hybridized carbons (Fsp3) is 0. The highest BCUT2D eigenvalue weighted by molar-refractivity contribution is 7.91. The van der Waals surface area contributed by atoms with Crippen LogP contribution in [0.2, 0.25) is 15.1 Å². The van der Waals surface area contributed by atoms with Crippen LogP contribution in [0, 0.1) is 5.82 Å². The molecule has 0 fully saturated rings. The molecule has 0 unspecified atom stereocenters. The average Bonchev–Trinajstić information content (AvgIpc) is 2.66. The van der Waals surface area contributed by atoms with E-state index in [-0.39, 0.29) is 19.8 Å². The van der Waals surface area contributed by atoms with Gasteiger partial charge in [-0.25, -0.2) is 12.8 Å². The van der Waals surface area contributed by atoms with Gasteiger partial charge in [-0.15, -0.1) is 0 Å². The zero-order valence-electron chi connectivity index (χ0n) is 14.5. The summed E-state index contributed by atoms with van der Waals surface area (Å²) in [6, 6.07) is 14.7. The van der Waals surface area contributed by atoms with E-state index in [9.17, 15) is 12.8 Å². The molecule has 0 bridgehead atoms. The quantitative estimate of drug-likeness (QED) is 0.332. The second kappa shape index (κ2) is 7.58. The third-order valence-electron chi connectivity index (χ3n) is 4.35. The molecule has 4 rings (SSSR count).